The molecule has 2 N–H and O–H groups in total. The van der Waals surface area contributed by atoms with Crippen molar-refractivity contribution in [1.82, 2.24) is 5.32 Å². The Morgan fingerprint density at radius 3 is 2.50 bits per heavy atom. The molecule has 0 spiro atoms. The van der Waals surface area contributed by atoms with Crippen LogP contribution in [0, 0.1) is 11.8 Å². The molecule has 0 aromatic heterocycles. The number of thiol groups is 1. The van der Waals surface area contributed by atoms with E-state index in [1.807, 2.05) is 0 Å². The lowest BCUT2D eigenvalue weighted by Gasteiger charge is -2.29. The van der Waals surface area contributed by atoms with Crippen LogP contribution < -0.4 is 5.32 Å². The van der Waals surface area contributed by atoms with Crippen LogP contribution >= 0.6 is 12.6 Å². The van der Waals surface area contributed by atoms with Crippen molar-refractivity contribution < 1.29 is 5.11 Å². The number of piperidine rings is 1. The molecule has 0 aromatic carbocycles. The number of hydrogen-bond acceptors (Lipinski definition) is 3. The highest BCUT2D eigenvalue weighted by molar-refractivity contribution is 7.80. The minimum Gasteiger partial charge on any atom is -0.396 e. The van der Waals surface area contributed by atoms with Gasteiger partial charge in [-0.05, 0) is 49.9 Å². The fourth-order valence-electron chi connectivity index (χ4n) is 1.93. The molecule has 0 bridgehead atoms. The molecule has 3 heteroatoms. The number of aliphatic hydroxyl groups is 1. The zero-order chi connectivity index (χ0) is 8.81. The summed E-state index contributed by atoms with van der Waals surface area (Å²) in [4.78, 5) is 0. The molecule has 1 rings (SSSR count). The Morgan fingerprint density at radius 1 is 1.25 bits per heavy atom. The van der Waals surface area contributed by atoms with Crippen LogP contribution in [0.3, 0.4) is 0 Å². The van der Waals surface area contributed by atoms with Gasteiger partial charge in [-0.2, -0.15) is 12.6 Å². The Labute approximate surface area is 80.2 Å². The Balaban J connectivity index is 2.20. The quantitative estimate of drug-likeness (QED) is 0.575. The summed E-state index contributed by atoms with van der Waals surface area (Å²) >= 11 is 4.24. The fraction of sp³-hybridized carbons (Fsp3) is 1.00. The molecule has 72 valence electrons. The van der Waals surface area contributed by atoms with Crippen LogP contribution in [0.1, 0.15) is 19.3 Å². The highest BCUT2D eigenvalue weighted by atomic mass is 32.1. The van der Waals surface area contributed by atoms with Gasteiger partial charge in [-0.1, -0.05) is 0 Å². The summed E-state index contributed by atoms with van der Waals surface area (Å²) in [6, 6.07) is 0. The van der Waals surface area contributed by atoms with Gasteiger partial charge in [-0.15, -0.1) is 0 Å². The second-order valence-electron chi connectivity index (χ2n) is 3.65. The predicted octanol–water partition coefficient (Wildman–Crippen LogP) is 0.914. The minimum atomic E-state index is 0.333. The molecule has 0 aliphatic carbocycles. The Hall–Kier alpha value is 0.270. The van der Waals surface area contributed by atoms with Gasteiger partial charge in [0, 0.05) is 6.61 Å². The summed E-state index contributed by atoms with van der Waals surface area (Å²) < 4.78 is 0. The summed E-state index contributed by atoms with van der Waals surface area (Å²) in [7, 11) is 0. The lowest BCUT2D eigenvalue weighted by atomic mass is 9.87. The van der Waals surface area contributed by atoms with Crippen molar-refractivity contribution in [3.63, 3.8) is 0 Å². The monoisotopic (exact) mass is 189 g/mol. The third-order valence-electron chi connectivity index (χ3n) is 2.61. The largest absolute Gasteiger partial charge is 0.396 e. The van der Waals surface area contributed by atoms with Crippen molar-refractivity contribution in [2.24, 2.45) is 11.8 Å². The molecule has 1 heterocycles. The van der Waals surface area contributed by atoms with Crippen LogP contribution in [0.5, 0.6) is 0 Å². The van der Waals surface area contributed by atoms with Crippen LogP contribution in [0.2, 0.25) is 0 Å². The molecule has 1 saturated heterocycles. The molecule has 2 unspecified atom stereocenters. The molecule has 2 atom stereocenters. The maximum atomic E-state index is 8.79. The van der Waals surface area contributed by atoms with E-state index in [2.05, 4.69) is 17.9 Å². The van der Waals surface area contributed by atoms with Gasteiger partial charge in [-0.3, -0.25) is 0 Å². The Bertz CT molecular complexity index is 105. The van der Waals surface area contributed by atoms with E-state index in [4.69, 9.17) is 5.11 Å². The topological polar surface area (TPSA) is 32.3 Å². The van der Waals surface area contributed by atoms with E-state index in [0.717, 1.165) is 31.2 Å². The standard InChI is InChI=1S/C9H19NOS/c11-3-1-8-5-9(2-4-12)7-10-6-8/h8-12H,1-7H2. The molecule has 0 saturated carbocycles. The van der Waals surface area contributed by atoms with Crippen LogP contribution in [-0.4, -0.2) is 30.6 Å². The van der Waals surface area contributed by atoms with Gasteiger partial charge in [0.05, 0.1) is 0 Å². The van der Waals surface area contributed by atoms with E-state index in [1.54, 1.807) is 0 Å². The minimum absolute atomic E-state index is 0.333. The van der Waals surface area contributed by atoms with Crippen LogP contribution in [0.15, 0.2) is 0 Å². The lowest BCUT2D eigenvalue weighted by Crippen LogP contribution is -2.36. The molecule has 1 aliphatic rings. The molecule has 1 fully saturated rings. The van der Waals surface area contributed by atoms with E-state index in [0.29, 0.717) is 12.5 Å². The first kappa shape index (κ1) is 10.4. The summed E-state index contributed by atoms with van der Waals surface area (Å²) in [6.07, 6.45) is 3.43. The smallest absolute Gasteiger partial charge is 0.0434 e. The molecule has 2 nitrogen and oxygen atoms in total. The maximum absolute atomic E-state index is 8.79. The number of rotatable bonds is 4. The third-order valence-corrected chi connectivity index (χ3v) is 2.87. The van der Waals surface area contributed by atoms with Gasteiger partial charge in [-0.25, -0.2) is 0 Å². The second-order valence-corrected chi connectivity index (χ2v) is 4.10. The predicted molar refractivity (Wildman–Crippen MR) is 54.6 cm³/mol. The van der Waals surface area contributed by atoms with Crippen LogP contribution in [-0.2, 0) is 0 Å². The lowest BCUT2D eigenvalue weighted by molar-refractivity contribution is 0.209. The fourth-order valence-corrected chi connectivity index (χ4v) is 2.30. The Morgan fingerprint density at radius 2 is 1.92 bits per heavy atom. The normalized spacial score (nSPS) is 30.5. The summed E-state index contributed by atoms with van der Waals surface area (Å²) in [6.45, 7) is 2.56. The molecular weight excluding hydrogens is 170 g/mol. The first-order valence-corrected chi connectivity index (χ1v) is 5.42. The van der Waals surface area contributed by atoms with Crippen molar-refractivity contribution in [3.05, 3.63) is 0 Å². The summed E-state index contributed by atoms with van der Waals surface area (Å²) in [5.41, 5.74) is 0. The zero-order valence-electron chi connectivity index (χ0n) is 7.50. The summed E-state index contributed by atoms with van der Waals surface area (Å²) in [5.74, 6) is 2.46. The number of hydrogen-bond donors (Lipinski definition) is 3. The van der Waals surface area contributed by atoms with Gasteiger partial charge in [0.1, 0.15) is 0 Å². The number of nitrogens with one attached hydrogen (secondary N) is 1. The van der Waals surface area contributed by atoms with Gasteiger partial charge in [0.25, 0.3) is 0 Å². The Kier molecular flexibility index (Phi) is 5.04. The molecule has 0 amide bonds. The van der Waals surface area contributed by atoms with Crippen molar-refractivity contribution >= 4 is 12.6 Å². The van der Waals surface area contributed by atoms with Crippen LogP contribution in [0.4, 0.5) is 0 Å². The van der Waals surface area contributed by atoms with Crippen molar-refractivity contribution in [2.75, 3.05) is 25.4 Å². The van der Waals surface area contributed by atoms with E-state index in [9.17, 15) is 0 Å². The first-order valence-electron chi connectivity index (χ1n) is 4.79. The van der Waals surface area contributed by atoms with E-state index >= 15 is 0 Å². The maximum Gasteiger partial charge on any atom is 0.0434 e. The van der Waals surface area contributed by atoms with Gasteiger partial charge in [0.15, 0.2) is 0 Å². The zero-order valence-corrected chi connectivity index (χ0v) is 8.39. The van der Waals surface area contributed by atoms with E-state index in [1.165, 1.54) is 12.8 Å². The van der Waals surface area contributed by atoms with E-state index < -0.39 is 0 Å². The average Bonchev–Trinajstić information content (AvgIpc) is 2.06. The molecular formula is C9H19NOS. The van der Waals surface area contributed by atoms with E-state index in [-0.39, 0.29) is 0 Å². The molecule has 0 aromatic rings. The van der Waals surface area contributed by atoms with Gasteiger partial charge in [0.2, 0.25) is 0 Å². The summed E-state index contributed by atoms with van der Waals surface area (Å²) in [5, 5.41) is 12.2. The van der Waals surface area contributed by atoms with Crippen molar-refractivity contribution in [1.29, 1.82) is 0 Å². The van der Waals surface area contributed by atoms with Crippen molar-refractivity contribution in [3.8, 4) is 0 Å². The highest BCUT2D eigenvalue weighted by Gasteiger charge is 2.20. The second kappa shape index (κ2) is 5.84. The SMILES string of the molecule is OCCC1CNCC(CCS)C1. The first-order chi connectivity index (χ1) is 5.86. The molecule has 1 aliphatic heterocycles. The third kappa shape index (κ3) is 3.33. The average molecular weight is 189 g/mol. The van der Waals surface area contributed by atoms with Gasteiger partial charge < -0.3 is 10.4 Å². The van der Waals surface area contributed by atoms with Gasteiger partial charge >= 0.3 is 0 Å². The van der Waals surface area contributed by atoms with Crippen molar-refractivity contribution in [2.45, 2.75) is 19.3 Å². The number of aliphatic hydroxyl groups excluding tert-OH is 1. The van der Waals surface area contributed by atoms with Crippen LogP contribution in [0.25, 0.3) is 0 Å². The molecule has 0 radical (unpaired) electrons. The molecule has 12 heavy (non-hydrogen) atoms. The highest BCUT2D eigenvalue weighted by Crippen LogP contribution is 2.21.